The second-order valence-electron chi connectivity index (χ2n) is 11.5. The lowest BCUT2D eigenvalue weighted by Gasteiger charge is -2.13. The van der Waals surface area contributed by atoms with Crippen molar-refractivity contribution in [2.75, 3.05) is 6.61 Å². The Morgan fingerprint density at radius 3 is 1.64 bits per heavy atom. The summed E-state index contributed by atoms with van der Waals surface area (Å²) in [4.78, 5) is 25.2. The zero-order chi connectivity index (χ0) is 32.1. The molecule has 0 amide bonds. The van der Waals surface area contributed by atoms with Crippen LogP contribution in [0.3, 0.4) is 0 Å². The van der Waals surface area contributed by atoms with E-state index in [1.165, 1.54) is 64.2 Å². The Labute approximate surface area is 269 Å². The first-order valence-corrected chi connectivity index (χ1v) is 16.8. The van der Waals surface area contributed by atoms with Crippen molar-refractivity contribution < 1.29 is 23.8 Å². The van der Waals surface area contributed by atoms with Crippen LogP contribution in [-0.4, -0.2) is 24.6 Å². The molecule has 3 aromatic rings. The Morgan fingerprint density at radius 2 is 1.04 bits per heavy atom. The Hall–Kier alpha value is -4.00. The molecule has 7 heteroatoms. The van der Waals surface area contributed by atoms with E-state index in [-0.39, 0.29) is 12.1 Å². The summed E-state index contributed by atoms with van der Waals surface area (Å²) < 4.78 is 16.9. The molecule has 0 aliphatic rings. The Kier molecular flexibility index (Phi) is 16.4. The zero-order valence-electron chi connectivity index (χ0n) is 27.3. The topological polar surface area (TPSA) is 86.5 Å². The quantitative estimate of drug-likeness (QED) is 0.0515. The lowest BCUT2D eigenvalue weighted by Crippen LogP contribution is -2.15. The van der Waals surface area contributed by atoms with Gasteiger partial charge in [0.25, 0.3) is 0 Å². The molecule has 3 aromatic carbocycles. The third kappa shape index (κ3) is 14.1. The number of carbonyl (C=O) groups excluding carboxylic acids is 2. The first kappa shape index (κ1) is 35.5. The normalized spacial score (nSPS) is 11.8. The molecule has 0 fully saturated rings. The summed E-state index contributed by atoms with van der Waals surface area (Å²) in [6.45, 7) is 7.09. The van der Waals surface area contributed by atoms with E-state index in [0.29, 0.717) is 28.3 Å². The van der Waals surface area contributed by atoms with Crippen LogP contribution in [-0.2, 0) is 4.74 Å². The largest absolute Gasteiger partial charge is 0.494 e. The van der Waals surface area contributed by atoms with Crippen molar-refractivity contribution in [3.63, 3.8) is 0 Å². The molecule has 45 heavy (non-hydrogen) atoms. The molecular formula is C38H50N2O5. The number of unbranched alkanes of at least 4 members (excludes halogenated alkanes) is 10. The van der Waals surface area contributed by atoms with Crippen molar-refractivity contribution >= 4 is 23.3 Å². The van der Waals surface area contributed by atoms with Gasteiger partial charge in [-0.25, -0.2) is 9.59 Å². The molecule has 0 saturated carbocycles. The number of ether oxygens (including phenoxy) is 3. The lowest BCUT2D eigenvalue weighted by molar-refractivity contribution is 0.0319. The first-order chi connectivity index (χ1) is 22.0. The third-order valence-electron chi connectivity index (χ3n) is 7.56. The Balaban J connectivity index is 1.39. The van der Waals surface area contributed by atoms with Gasteiger partial charge < -0.3 is 14.2 Å². The molecule has 242 valence electrons. The van der Waals surface area contributed by atoms with E-state index >= 15 is 0 Å². The lowest BCUT2D eigenvalue weighted by atomic mass is 10.1. The predicted octanol–water partition coefficient (Wildman–Crippen LogP) is 11.4. The maximum absolute atomic E-state index is 12.7. The minimum atomic E-state index is -0.502. The number of carbonyl (C=O) groups is 2. The molecule has 3 rings (SSSR count). The standard InChI is InChI=1S/C38H50N2O5/c1-4-6-8-10-12-14-16-30(3)44-37(41)32-19-25-36(26-20-32)45-38(42)31-17-21-33(22-18-31)39-40-34-23-27-35(28-24-34)43-29-15-13-11-9-7-5-2/h17-28,30H,4-16,29H2,1-3H3/t30-/m0/s1. The van der Waals surface area contributed by atoms with Gasteiger partial charge in [-0.05, 0) is 99.0 Å². The highest BCUT2D eigenvalue weighted by molar-refractivity contribution is 5.92. The van der Waals surface area contributed by atoms with Crippen molar-refractivity contribution in [1.29, 1.82) is 0 Å². The molecule has 0 saturated heterocycles. The van der Waals surface area contributed by atoms with Crippen LogP contribution >= 0.6 is 0 Å². The van der Waals surface area contributed by atoms with E-state index < -0.39 is 5.97 Å². The number of hydrogen-bond acceptors (Lipinski definition) is 7. The number of benzene rings is 3. The smallest absolute Gasteiger partial charge is 0.343 e. The summed E-state index contributed by atoms with van der Waals surface area (Å²) in [6.07, 6.45) is 15.4. The van der Waals surface area contributed by atoms with E-state index in [4.69, 9.17) is 14.2 Å². The third-order valence-corrected chi connectivity index (χ3v) is 7.56. The van der Waals surface area contributed by atoms with Crippen LogP contribution in [0.2, 0.25) is 0 Å². The molecular weight excluding hydrogens is 564 g/mol. The van der Waals surface area contributed by atoms with Crippen molar-refractivity contribution in [3.05, 3.63) is 83.9 Å². The average molecular weight is 615 g/mol. The van der Waals surface area contributed by atoms with E-state index in [1.54, 1.807) is 48.5 Å². The van der Waals surface area contributed by atoms with Gasteiger partial charge in [-0.1, -0.05) is 78.1 Å². The summed E-state index contributed by atoms with van der Waals surface area (Å²) in [7, 11) is 0. The minimum absolute atomic E-state index is 0.136. The van der Waals surface area contributed by atoms with Gasteiger partial charge in [0.1, 0.15) is 11.5 Å². The molecule has 1 atom stereocenters. The molecule has 0 aliphatic carbocycles. The van der Waals surface area contributed by atoms with Gasteiger partial charge in [-0.2, -0.15) is 10.2 Å². The molecule has 0 N–H and O–H groups in total. The molecule has 0 spiro atoms. The molecule has 0 aromatic heterocycles. The molecule has 0 radical (unpaired) electrons. The summed E-state index contributed by atoms with van der Waals surface area (Å²) in [5.41, 5.74) is 2.14. The fourth-order valence-electron chi connectivity index (χ4n) is 4.81. The predicted molar refractivity (Wildman–Crippen MR) is 180 cm³/mol. The van der Waals surface area contributed by atoms with Gasteiger partial charge in [-0.15, -0.1) is 0 Å². The van der Waals surface area contributed by atoms with Crippen molar-refractivity contribution in [1.82, 2.24) is 0 Å². The van der Waals surface area contributed by atoms with Gasteiger partial charge in [0, 0.05) is 0 Å². The molecule has 0 aliphatic heterocycles. The van der Waals surface area contributed by atoms with E-state index in [0.717, 1.165) is 31.6 Å². The van der Waals surface area contributed by atoms with E-state index in [2.05, 4.69) is 24.1 Å². The van der Waals surface area contributed by atoms with Gasteiger partial charge in [0.2, 0.25) is 0 Å². The first-order valence-electron chi connectivity index (χ1n) is 16.8. The van der Waals surface area contributed by atoms with Crippen molar-refractivity contribution in [2.24, 2.45) is 10.2 Å². The van der Waals surface area contributed by atoms with Gasteiger partial charge in [0.05, 0.1) is 35.2 Å². The van der Waals surface area contributed by atoms with Crippen LogP contribution in [0.5, 0.6) is 11.5 Å². The number of azo groups is 1. The monoisotopic (exact) mass is 614 g/mol. The number of rotatable bonds is 21. The minimum Gasteiger partial charge on any atom is -0.494 e. The van der Waals surface area contributed by atoms with Crippen LogP contribution in [0.4, 0.5) is 11.4 Å². The summed E-state index contributed by atoms with van der Waals surface area (Å²) in [5.74, 6) is 0.301. The van der Waals surface area contributed by atoms with Gasteiger partial charge in [-0.3, -0.25) is 0 Å². The van der Waals surface area contributed by atoms with Crippen molar-refractivity contribution in [2.45, 2.75) is 110 Å². The average Bonchev–Trinajstić information content (AvgIpc) is 3.06. The van der Waals surface area contributed by atoms with Crippen LogP contribution in [0.1, 0.15) is 125 Å². The maximum atomic E-state index is 12.7. The fourth-order valence-corrected chi connectivity index (χ4v) is 4.81. The second-order valence-corrected chi connectivity index (χ2v) is 11.5. The van der Waals surface area contributed by atoms with Crippen LogP contribution < -0.4 is 9.47 Å². The Bertz CT molecular complexity index is 1290. The zero-order valence-corrected chi connectivity index (χ0v) is 27.3. The highest BCUT2D eigenvalue weighted by Crippen LogP contribution is 2.23. The van der Waals surface area contributed by atoms with Crippen LogP contribution in [0, 0.1) is 0 Å². The van der Waals surface area contributed by atoms with Crippen LogP contribution in [0.25, 0.3) is 0 Å². The molecule has 7 nitrogen and oxygen atoms in total. The summed E-state index contributed by atoms with van der Waals surface area (Å²) in [6, 6.07) is 20.7. The number of hydrogen-bond donors (Lipinski definition) is 0. The van der Waals surface area contributed by atoms with Gasteiger partial charge in [0.15, 0.2) is 0 Å². The fraction of sp³-hybridized carbons (Fsp3) is 0.474. The number of nitrogens with zero attached hydrogens (tertiary/aromatic N) is 2. The SMILES string of the molecule is CCCCCCCCOc1ccc(N=Nc2ccc(C(=O)Oc3ccc(C(=O)O[C@@H](C)CCCCCCCC)cc3)cc2)cc1. The summed E-state index contributed by atoms with van der Waals surface area (Å²) >= 11 is 0. The maximum Gasteiger partial charge on any atom is 0.343 e. The highest BCUT2D eigenvalue weighted by atomic mass is 16.5. The Morgan fingerprint density at radius 1 is 0.578 bits per heavy atom. The molecule has 0 unspecified atom stereocenters. The van der Waals surface area contributed by atoms with Gasteiger partial charge >= 0.3 is 11.9 Å². The van der Waals surface area contributed by atoms with Crippen LogP contribution in [0.15, 0.2) is 83.0 Å². The molecule has 0 heterocycles. The summed E-state index contributed by atoms with van der Waals surface area (Å²) in [5, 5.41) is 8.55. The second kappa shape index (κ2) is 20.9. The number of esters is 2. The van der Waals surface area contributed by atoms with E-state index in [1.807, 2.05) is 31.2 Å². The molecule has 0 bridgehead atoms. The van der Waals surface area contributed by atoms with E-state index in [9.17, 15) is 9.59 Å². The van der Waals surface area contributed by atoms with Crippen molar-refractivity contribution in [3.8, 4) is 11.5 Å². The highest BCUT2D eigenvalue weighted by Gasteiger charge is 2.14.